The number of ether oxygens (including phenoxy) is 3. The molecular weight excluding hydrogens is 376 g/mol. The minimum Gasteiger partial charge on any atom is -0.462 e. The van der Waals surface area contributed by atoms with Gasteiger partial charge in [-0.25, -0.2) is 4.79 Å². The van der Waals surface area contributed by atoms with Crippen LogP contribution in [0.5, 0.6) is 0 Å². The van der Waals surface area contributed by atoms with Crippen molar-refractivity contribution in [2.45, 2.75) is 52.0 Å². The molecule has 0 bridgehead atoms. The molecule has 0 aliphatic carbocycles. The highest BCUT2D eigenvalue weighted by molar-refractivity contribution is 6.18. The Balaban J connectivity index is 2.23. The lowest BCUT2D eigenvalue weighted by molar-refractivity contribution is -0.177. The van der Waals surface area contributed by atoms with E-state index < -0.39 is 29.9 Å². The van der Waals surface area contributed by atoms with Gasteiger partial charge in [0.25, 0.3) is 0 Å². The number of hydrogen-bond acceptors (Lipinski definition) is 6. The lowest BCUT2D eigenvalue weighted by atomic mass is 9.99. The number of amides is 2. The third-order valence-corrected chi connectivity index (χ3v) is 4.89. The molecule has 2 aliphatic heterocycles. The molecule has 8 nitrogen and oxygen atoms in total. The first kappa shape index (κ1) is 21.5. The van der Waals surface area contributed by atoms with Gasteiger partial charge in [0, 0.05) is 19.2 Å². The number of rotatable bonds is 7. The normalized spacial score (nSPS) is 27.8. The van der Waals surface area contributed by atoms with Crippen LogP contribution in [-0.4, -0.2) is 59.8 Å². The first-order valence-electron chi connectivity index (χ1n) is 9.04. The molecule has 2 heterocycles. The highest BCUT2D eigenvalue weighted by Crippen LogP contribution is 2.37. The van der Waals surface area contributed by atoms with Crippen molar-refractivity contribution in [3.63, 3.8) is 0 Å². The summed E-state index contributed by atoms with van der Waals surface area (Å²) in [5, 5.41) is 2.69. The van der Waals surface area contributed by atoms with E-state index in [1.54, 1.807) is 40.0 Å². The number of hydrogen-bond donors (Lipinski definition) is 1. The Kier molecular flexibility index (Phi) is 7.11. The number of alkyl halides is 1. The maximum atomic E-state index is 12.2. The number of carbonyl (C=O) groups excluding carboxylic acids is 3. The average Bonchev–Trinajstić information content (AvgIpc) is 2.98. The Hall–Kier alpha value is -1.80. The number of carbonyl (C=O) groups is 3. The summed E-state index contributed by atoms with van der Waals surface area (Å²) in [4.78, 5) is 37.6. The molecule has 0 saturated carbocycles. The predicted octanol–water partition coefficient (Wildman–Crippen LogP) is 2.02. The van der Waals surface area contributed by atoms with Crippen molar-refractivity contribution in [3.8, 4) is 0 Å². The van der Waals surface area contributed by atoms with E-state index in [2.05, 4.69) is 5.32 Å². The second-order valence-electron chi connectivity index (χ2n) is 7.33. The fourth-order valence-corrected chi connectivity index (χ4v) is 3.05. The van der Waals surface area contributed by atoms with E-state index in [4.69, 9.17) is 25.8 Å². The van der Waals surface area contributed by atoms with Gasteiger partial charge in [0.1, 0.15) is 18.9 Å². The lowest BCUT2D eigenvalue weighted by Crippen LogP contribution is -2.50. The molecule has 0 aromatic rings. The van der Waals surface area contributed by atoms with Crippen molar-refractivity contribution in [3.05, 3.63) is 12.3 Å². The van der Waals surface area contributed by atoms with Crippen molar-refractivity contribution in [1.82, 2.24) is 10.2 Å². The SMILES string of the molecule is CC(C)C(=O)OC[C@@]1(CCl)O[C@@H](N2C=CCNC2=O)C[C@@H]1OC(=O)C(C)C. The summed E-state index contributed by atoms with van der Waals surface area (Å²) in [6.07, 6.45) is 2.18. The second-order valence-corrected chi connectivity index (χ2v) is 7.59. The molecule has 27 heavy (non-hydrogen) atoms. The van der Waals surface area contributed by atoms with Gasteiger partial charge in [-0.2, -0.15) is 0 Å². The predicted molar refractivity (Wildman–Crippen MR) is 97.8 cm³/mol. The molecule has 9 heteroatoms. The molecule has 3 atom stereocenters. The Bertz CT molecular complexity index is 609. The maximum absolute atomic E-state index is 12.2. The van der Waals surface area contributed by atoms with Gasteiger partial charge in [-0.1, -0.05) is 27.7 Å². The van der Waals surface area contributed by atoms with Crippen molar-refractivity contribution in [2.24, 2.45) is 11.8 Å². The van der Waals surface area contributed by atoms with Gasteiger partial charge < -0.3 is 19.5 Å². The number of esters is 2. The van der Waals surface area contributed by atoms with E-state index >= 15 is 0 Å². The summed E-state index contributed by atoms with van der Waals surface area (Å²) in [6, 6.07) is -0.319. The van der Waals surface area contributed by atoms with Crippen LogP contribution in [0.2, 0.25) is 0 Å². The Morgan fingerprint density at radius 2 is 2.00 bits per heavy atom. The summed E-state index contributed by atoms with van der Waals surface area (Å²) in [7, 11) is 0. The lowest BCUT2D eigenvalue weighted by Gasteiger charge is -2.33. The van der Waals surface area contributed by atoms with Gasteiger partial charge >= 0.3 is 18.0 Å². The Morgan fingerprint density at radius 1 is 1.33 bits per heavy atom. The highest BCUT2D eigenvalue weighted by atomic mass is 35.5. The van der Waals surface area contributed by atoms with Crippen LogP contribution >= 0.6 is 11.6 Å². The van der Waals surface area contributed by atoms with Gasteiger partial charge in [-0.15, -0.1) is 11.6 Å². The van der Waals surface area contributed by atoms with E-state index in [1.807, 2.05) is 0 Å². The Morgan fingerprint density at radius 3 is 2.56 bits per heavy atom. The molecule has 0 spiro atoms. The number of nitrogens with zero attached hydrogens (tertiary/aromatic N) is 1. The van der Waals surface area contributed by atoms with Crippen LogP contribution in [0.3, 0.4) is 0 Å². The Labute approximate surface area is 164 Å². The minimum atomic E-state index is -1.23. The molecule has 2 rings (SSSR count). The van der Waals surface area contributed by atoms with Crippen LogP contribution in [0.25, 0.3) is 0 Å². The molecule has 1 fully saturated rings. The van der Waals surface area contributed by atoms with E-state index in [-0.39, 0.29) is 36.8 Å². The highest BCUT2D eigenvalue weighted by Gasteiger charge is 2.54. The summed E-state index contributed by atoms with van der Waals surface area (Å²) < 4.78 is 17.0. The average molecular weight is 403 g/mol. The number of nitrogens with one attached hydrogen (secondary N) is 1. The molecule has 1 N–H and O–H groups in total. The van der Waals surface area contributed by atoms with E-state index in [1.165, 1.54) is 4.90 Å². The van der Waals surface area contributed by atoms with Crippen molar-refractivity contribution in [2.75, 3.05) is 19.0 Å². The molecule has 2 aliphatic rings. The number of halogens is 1. The molecule has 0 unspecified atom stereocenters. The zero-order valence-corrected chi connectivity index (χ0v) is 16.8. The van der Waals surface area contributed by atoms with Crippen molar-refractivity contribution < 1.29 is 28.6 Å². The maximum Gasteiger partial charge on any atom is 0.323 e. The third-order valence-electron chi connectivity index (χ3n) is 4.44. The summed E-state index contributed by atoms with van der Waals surface area (Å²) in [5.74, 6) is -1.54. The first-order valence-corrected chi connectivity index (χ1v) is 9.57. The summed E-state index contributed by atoms with van der Waals surface area (Å²) in [5.41, 5.74) is -1.23. The van der Waals surface area contributed by atoms with Crippen molar-refractivity contribution in [1.29, 1.82) is 0 Å². The van der Waals surface area contributed by atoms with Gasteiger partial charge in [0.2, 0.25) is 0 Å². The molecule has 1 saturated heterocycles. The summed E-state index contributed by atoms with van der Waals surface area (Å²) >= 11 is 6.18. The molecular formula is C18H27ClN2O6. The molecule has 0 aromatic heterocycles. The quantitative estimate of drug-likeness (QED) is 0.517. The smallest absolute Gasteiger partial charge is 0.323 e. The minimum absolute atomic E-state index is 0.0654. The van der Waals surface area contributed by atoms with Crippen LogP contribution < -0.4 is 5.32 Å². The van der Waals surface area contributed by atoms with Crippen molar-refractivity contribution >= 4 is 29.6 Å². The van der Waals surface area contributed by atoms with Crippen LogP contribution in [0.4, 0.5) is 4.79 Å². The van der Waals surface area contributed by atoms with Gasteiger partial charge in [0.05, 0.1) is 17.7 Å². The third kappa shape index (κ3) is 4.93. The van der Waals surface area contributed by atoms with Crippen LogP contribution in [0, 0.1) is 11.8 Å². The largest absolute Gasteiger partial charge is 0.462 e. The standard InChI is InChI=1S/C18H27ClN2O6/c1-11(2)15(22)25-10-18(9-19)13(26-16(23)12(3)4)8-14(27-18)21-7-5-6-20-17(21)24/h5,7,11-14H,6,8-10H2,1-4H3,(H,20,24)/t13-,14+,18+/m0/s1. The van der Waals surface area contributed by atoms with Gasteiger partial charge in [0.15, 0.2) is 5.60 Å². The zero-order valence-electron chi connectivity index (χ0n) is 16.1. The monoisotopic (exact) mass is 402 g/mol. The first-order chi connectivity index (χ1) is 12.7. The van der Waals surface area contributed by atoms with Gasteiger partial charge in [-0.3, -0.25) is 14.5 Å². The second kappa shape index (κ2) is 8.93. The van der Waals surface area contributed by atoms with Gasteiger partial charge in [-0.05, 0) is 6.08 Å². The molecule has 152 valence electrons. The van der Waals surface area contributed by atoms with E-state index in [0.29, 0.717) is 6.54 Å². The molecule has 0 radical (unpaired) electrons. The van der Waals surface area contributed by atoms with E-state index in [0.717, 1.165) is 0 Å². The van der Waals surface area contributed by atoms with Crippen LogP contribution in [0.15, 0.2) is 12.3 Å². The zero-order chi connectivity index (χ0) is 20.2. The summed E-state index contributed by atoms with van der Waals surface area (Å²) in [6.45, 7) is 7.13. The fraction of sp³-hybridized carbons (Fsp3) is 0.722. The van der Waals surface area contributed by atoms with Crippen LogP contribution in [0.1, 0.15) is 34.1 Å². The fourth-order valence-electron chi connectivity index (χ4n) is 2.74. The molecule has 0 aromatic carbocycles. The number of urea groups is 1. The van der Waals surface area contributed by atoms with Crippen LogP contribution in [-0.2, 0) is 23.8 Å². The molecule has 2 amide bonds. The van der Waals surface area contributed by atoms with E-state index in [9.17, 15) is 14.4 Å². The topological polar surface area (TPSA) is 94.2 Å².